The van der Waals surface area contributed by atoms with Crippen molar-refractivity contribution in [1.82, 2.24) is 0 Å². The summed E-state index contributed by atoms with van der Waals surface area (Å²) in [5.74, 6) is 0. The fourth-order valence-electron chi connectivity index (χ4n) is 1.22. The second-order valence-electron chi connectivity index (χ2n) is 2.89. The van der Waals surface area contributed by atoms with Gasteiger partial charge in [-0.2, -0.15) is 0 Å². The zero-order valence-corrected chi connectivity index (χ0v) is 6.72. The number of hydrogen-bond acceptors (Lipinski definition) is 1. The molecule has 2 rings (SSSR count). The quantitative estimate of drug-likeness (QED) is 0.556. The van der Waals surface area contributed by atoms with Crippen molar-refractivity contribution in [3.63, 3.8) is 0 Å². The van der Waals surface area contributed by atoms with Crippen LogP contribution in [0.1, 0.15) is 11.1 Å². The molecule has 1 heterocycles. The lowest BCUT2D eigenvalue weighted by atomic mass is 10.1. The molecule has 0 radical (unpaired) electrons. The molecule has 2 aromatic rings. The van der Waals surface area contributed by atoms with Gasteiger partial charge < -0.3 is 4.42 Å². The lowest BCUT2D eigenvalue weighted by Gasteiger charge is -1.97. The largest absolute Gasteiger partial charge is 0.464 e. The van der Waals surface area contributed by atoms with Crippen LogP contribution in [0.4, 0.5) is 0 Å². The Balaban J connectivity index is 2.86. The molecular weight excluding hydrogens is 136 g/mol. The second kappa shape index (κ2) is 2.12. The molecule has 0 atom stereocenters. The topological polar surface area (TPSA) is 13.1 Å². The number of aryl methyl sites for hydroxylation is 2. The Morgan fingerprint density at radius 3 is 2.64 bits per heavy atom. The molecule has 1 nitrogen and oxygen atoms in total. The van der Waals surface area contributed by atoms with Gasteiger partial charge in [0.05, 0.1) is 6.26 Å². The van der Waals surface area contributed by atoms with Gasteiger partial charge in [-0.15, -0.1) is 0 Å². The summed E-state index contributed by atoms with van der Waals surface area (Å²) in [6.07, 6.45) is 1.73. The fourth-order valence-corrected chi connectivity index (χ4v) is 1.22. The van der Waals surface area contributed by atoms with E-state index in [0.29, 0.717) is 0 Å². The highest BCUT2D eigenvalue weighted by Gasteiger charge is 1.98. The van der Waals surface area contributed by atoms with Crippen molar-refractivity contribution in [2.45, 2.75) is 13.8 Å². The normalized spacial score (nSPS) is 10.7. The first kappa shape index (κ1) is 6.47. The van der Waals surface area contributed by atoms with E-state index in [9.17, 15) is 0 Å². The summed E-state index contributed by atoms with van der Waals surface area (Å²) in [4.78, 5) is 0. The highest BCUT2D eigenvalue weighted by atomic mass is 16.3. The predicted octanol–water partition coefficient (Wildman–Crippen LogP) is 3.05. The van der Waals surface area contributed by atoms with E-state index in [4.69, 9.17) is 4.42 Å². The fraction of sp³-hybridized carbons (Fsp3) is 0.200. The number of hydrogen-bond donors (Lipinski definition) is 0. The summed E-state index contributed by atoms with van der Waals surface area (Å²) in [5.41, 5.74) is 3.58. The number of rotatable bonds is 0. The highest BCUT2D eigenvalue weighted by Crippen LogP contribution is 2.19. The van der Waals surface area contributed by atoms with Gasteiger partial charge in [0, 0.05) is 5.39 Å². The third-order valence-electron chi connectivity index (χ3n) is 2.07. The average Bonchev–Trinajstić information content (AvgIpc) is 2.36. The molecule has 0 fully saturated rings. The molecule has 56 valence electrons. The molecule has 0 bridgehead atoms. The van der Waals surface area contributed by atoms with E-state index in [1.165, 1.54) is 16.5 Å². The van der Waals surface area contributed by atoms with Crippen LogP contribution in [0.3, 0.4) is 0 Å². The summed E-state index contributed by atoms with van der Waals surface area (Å²) in [6.45, 7) is 4.21. The summed E-state index contributed by atoms with van der Waals surface area (Å²) >= 11 is 0. The molecule has 0 N–H and O–H groups in total. The molecule has 0 amide bonds. The van der Waals surface area contributed by atoms with E-state index >= 15 is 0 Å². The van der Waals surface area contributed by atoms with Crippen LogP contribution in [0, 0.1) is 13.8 Å². The van der Waals surface area contributed by atoms with Crippen LogP contribution >= 0.6 is 0 Å². The number of benzene rings is 1. The van der Waals surface area contributed by atoms with Gasteiger partial charge in [-0.25, -0.2) is 0 Å². The maximum absolute atomic E-state index is 5.25. The van der Waals surface area contributed by atoms with E-state index in [-0.39, 0.29) is 0 Å². The first-order valence-corrected chi connectivity index (χ1v) is 3.72. The third kappa shape index (κ3) is 0.929. The van der Waals surface area contributed by atoms with Crippen LogP contribution in [-0.4, -0.2) is 0 Å². The van der Waals surface area contributed by atoms with E-state index in [1.807, 2.05) is 6.07 Å². The third-order valence-corrected chi connectivity index (χ3v) is 2.07. The standard InChI is InChI=1S/C10H10O/c1-7-5-9-3-4-11-10(9)6-8(7)2/h3-6H,1-2H3. The lowest BCUT2D eigenvalue weighted by Crippen LogP contribution is -1.77. The van der Waals surface area contributed by atoms with E-state index in [1.54, 1.807) is 6.26 Å². The summed E-state index contributed by atoms with van der Waals surface area (Å²) in [7, 11) is 0. The average molecular weight is 146 g/mol. The number of furan rings is 1. The Hall–Kier alpha value is -1.24. The van der Waals surface area contributed by atoms with Crippen LogP contribution in [0.15, 0.2) is 28.9 Å². The van der Waals surface area contributed by atoms with Crippen LogP contribution < -0.4 is 0 Å². The Morgan fingerprint density at radius 1 is 1.09 bits per heavy atom. The molecule has 0 aliphatic carbocycles. The molecule has 0 aliphatic rings. The van der Waals surface area contributed by atoms with E-state index in [2.05, 4.69) is 26.0 Å². The van der Waals surface area contributed by atoms with Crippen molar-refractivity contribution in [3.05, 3.63) is 35.6 Å². The zero-order chi connectivity index (χ0) is 7.84. The molecule has 0 saturated carbocycles. The molecule has 0 spiro atoms. The molecule has 0 unspecified atom stereocenters. The summed E-state index contributed by atoms with van der Waals surface area (Å²) < 4.78 is 5.25. The maximum Gasteiger partial charge on any atom is 0.134 e. The first-order chi connectivity index (χ1) is 5.27. The SMILES string of the molecule is Cc1cc2ccoc2cc1C. The van der Waals surface area contributed by atoms with Crippen LogP contribution in [0.2, 0.25) is 0 Å². The molecular formula is C10H10O. The molecule has 0 saturated heterocycles. The Bertz CT molecular complexity index is 349. The summed E-state index contributed by atoms with van der Waals surface area (Å²) in [6, 6.07) is 6.21. The van der Waals surface area contributed by atoms with E-state index < -0.39 is 0 Å². The van der Waals surface area contributed by atoms with E-state index in [0.717, 1.165) is 5.58 Å². The molecule has 11 heavy (non-hydrogen) atoms. The van der Waals surface area contributed by atoms with Crippen LogP contribution in [0.5, 0.6) is 0 Å². The minimum absolute atomic E-state index is 0.980. The van der Waals surface area contributed by atoms with Crippen molar-refractivity contribution in [2.24, 2.45) is 0 Å². The predicted molar refractivity (Wildman–Crippen MR) is 45.7 cm³/mol. The van der Waals surface area contributed by atoms with Gasteiger partial charge in [0.15, 0.2) is 0 Å². The van der Waals surface area contributed by atoms with Gasteiger partial charge >= 0.3 is 0 Å². The Kier molecular flexibility index (Phi) is 1.25. The second-order valence-corrected chi connectivity index (χ2v) is 2.89. The smallest absolute Gasteiger partial charge is 0.134 e. The van der Waals surface area contributed by atoms with Gasteiger partial charge in [0.1, 0.15) is 5.58 Å². The molecule has 0 aliphatic heterocycles. The van der Waals surface area contributed by atoms with Crippen molar-refractivity contribution >= 4 is 11.0 Å². The van der Waals surface area contributed by atoms with Crippen molar-refractivity contribution < 1.29 is 4.42 Å². The molecule has 1 aromatic heterocycles. The van der Waals surface area contributed by atoms with Gasteiger partial charge in [-0.1, -0.05) is 0 Å². The Labute approximate surface area is 65.6 Å². The lowest BCUT2D eigenvalue weighted by molar-refractivity contribution is 0.615. The Morgan fingerprint density at radius 2 is 1.82 bits per heavy atom. The highest BCUT2D eigenvalue weighted by molar-refractivity contribution is 5.78. The summed E-state index contributed by atoms with van der Waals surface area (Å²) in [5, 5.41) is 1.19. The van der Waals surface area contributed by atoms with Crippen molar-refractivity contribution in [1.29, 1.82) is 0 Å². The van der Waals surface area contributed by atoms with Gasteiger partial charge in [0.25, 0.3) is 0 Å². The van der Waals surface area contributed by atoms with Crippen LogP contribution in [0.25, 0.3) is 11.0 Å². The molecule has 1 heteroatoms. The van der Waals surface area contributed by atoms with Crippen LogP contribution in [-0.2, 0) is 0 Å². The van der Waals surface area contributed by atoms with Gasteiger partial charge in [0.2, 0.25) is 0 Å². The molecule has 1 aromatic carbocycles. The zero-order valence-electron chi connectivity index (χ0n) is 6.72. The number of fused-ring (bicyclic) bond motifs is 1. The van der Waals surface area contributed by atoms with Crippen molar-refractivity contribution in [2.75, 3.05) is 0 Å². The monoisotopic (exact) mass is 146 g/mol. The van der Waals surface area contributed by atoms with Crippen molar-refractivity contribution in [3.8, 4) is 0 Å². The maximum atomic E-state index is 5.25. The minimum atomic E-state index is 0.980. The minimum Gasteiger partial charge on any atom is -0.464 e. The van der Waals surface area contributed by atoms with Gasteiger partial charge in [-0.05, 0) is 43.2 Å². The first-order valence-electron chi connectivity index (χ1n) is 3.72. The van der Waals surface area contributed by atoms with Gasteiger partial charge in [-0.3, -0.25) is 0 Å².